The molecular weight excluding hydrogens is 300 g/mol. The maximum Gasteiger partial charge on any atom is 0.254 e. The minimum Gasteiger partial charge on any atom is -0.363 e. The van der Waals surface area contributed by atoms with E-state index in [0.717, 1.165) is 26.2 Å². The second kappa shape index (κ2) is 5.43. The molecule has 4 heteroatoms. The van der Waals surface area contributed by atoms with E-state index in [-0.39, 0.29) is 12.0 Å². The maximum absolute atomic E-state index is 12.2. The number of piperazine rings is 1. The van der Waals surface area contributed by atoms with E-state index in [1.54, 1.807) is 0 Å². The number of carbonyl (C=O) groups is 1. The van der Waals surface area contributed by atoms with Crippen LogP contribution in [0.25, 0.3) is 11.1 Å². The summed E-state index contributed by atoms with van der Waals surface area (Å²) in [5.74, 6) is 0.168. The van der Waals surface area contributed by atoms with E-state index in [9.17, 15) is 4.79 Å². The molecule has 24 heavy (non-hydrogen) atoms. The Kier molecular flexibility index (Phi) is 3.21. The molecule has 5 rings (SSSR count). The van der Waals surface area contributed by atoms with Gasteiger partial charge in [0.2, 0.25) is 0 Å². The van der Waals surface area contributed by atoms with Crippen molar-refractivity contribution in [1.29, 1.82) is 0 Å². The van der Waals surface area contributed by atoms with Gasteiger partial charge in [0.25, 0.3) is 5.91 Å². The van der Waals surface area contributed by atoms with Crippen molar-refractivity contribution >= 4 is 5.91 Å². The predicted molar refractivity (Wildman–Crippen MR) is 91.6 cm³/mol. The minimum atomic E-state index is -0.163. The van der Waals surface area contributed by atoms with Crippen LogP contribution in [0.3, 0.4) is 0 Å². The zero-order chi connectivity index (χ0) is 16.1. The summed E-state index contributed by atoms with van der Waals surface area (Å²) in [5, 5.41) is 0. The summed E-state index contributed by atoms with van der Waals surface area (Å²) in [4.78, 5) is 16.6. The first-order chi connectivity index (χ1) is 11.8. The first-order valence-corrected chi connectivity index (χ1v) is 8.65. The fourth-order valence-electron chi connectivity index (χ4n) is 4.12. The van der Waals surface area contributed by atoms with Gasteiger partial charge in [0.1, 0.15) is 0 Å². The van der Waals surface area contributed by atoms with Crippen LogP contribution in [0.5, 0.6) is 0 Å². The summed E-state index contributed by atoms with van der Waals surface area (Å²) in [6, 6.07) is 17.7. The van der Waals surface area contributed by atoms with Crippen molar-refractivity contribution in [3.8, 4) is 11.1 Å². The number of epoxide rings is 1. The lowest BCUT2D eigenvalue weighted by Gasteiger charge is -2.38. The Morgan fingerprint density at radius 2 is 1.42 bits per heavy atom. The van der Waals surface area contributed by atoms with E-state index < -0.39 is 0 Å². The van der Waals surface area contributed by atoms with Gasteiger partial charge in [0, 0.05) is 26.2 Å². The van der Waals surface area contributed by atoms with Gasteiger partial charge < -0.3 is 9.64 Å². The Labute approximate surface area is 141 Å². The van der Waals surface area contributed by atoms with Gasteiger partial charge >= 0.3 is 0 Å². The monoisotopic (exact) mass is 320 g/mol. The average Bonchev–Trinajstić information content (AvgIpc) is 3.43. The molecule has 1 aliphatic carbocycles. The quantitative estimate of drug-likeness (QED) is 0.797. The average molecular weight is 320 g/mol. The summed E-state index contributed by atoms with van der Waals surface area (Å²) in [6.45, 7) is 4.00. The first-order valence-electron chi connectivity index (χ1n) is 8.65. The molecule has 1 unspecified atom stereocenters. The number of fused-ring (bicyclic) bond motifs is 3. The van der Waals surface area contributed by atoms with E-state index in [1.807, 2.05) is 4.90 Å². The van der Waals surface area contributed by atoms with Crippen molar-refractivity contribution in [2.24, 2.45) is 0 Å². The highest BCUT2D eigenvalue weighted by atomic mass is 16.6. The molecule has 2 heterocycles. The van der Waals surface area contributed by atoms with E-state index in [0.29, 0.717) is 12.6 Å². The first kappa shape index (κ1) is 14.2. The molecule has 2 saturated heterocycles. The topological polar surface area (TPSA) is 36.1 Å². The smallest absolute Gasteiger partial charge is 0.254 e. The predicted octanol–water partition coefficient (Wildman–Crippen LogP) is 2.30. The standard InChI is InChI=1S/C20H20N2O2/c23-20(18-13-24-18)22-11-9-21(10-12-22)19-16-7-3-1-5-14(16)15-6-2-4-8-17(15)19/h1-8,18-19H,9-13H2. The number of hydrogen-bond donors (Lipinski definition) is 0. The molecule has 1 amide bonds. The third-order valence-corrected chi connectivity index (χ3v) is 5.40. The van der Waals surface area contributed by atoms with Gasteiger partial charge in [-0.15, -0.1) is 0 Å². The fraction of sp³-hybridized carbons (Fsp3) is 0.350. The molecule has 0 radical (unpaired) electrons. The van der Waals surface area contributed by atoms with Gasteiger partial charge in [0.15, 0.2) is 6.10 Å². The Bertz CT molecular complexity index is 746. The van der Waals surface area contributed by atoms with Gasteiger partial charge in [-0.2, -0.15) is 0 Å². The SMILES string of the molecule is O=C(C1CO1)N1CCN(C2c3ccccc3-c3ccccc32)CC1. The van der Waals surface area contributed by atoms with Crippen LogP contribution in [0.2, 0.25) is 0 Å². The van der Waals surface area contributed by atoms with Crippen molar-refractivity contribution in [3.05, 3.63) is 59.7 Å². The lowest BCUT2D eigenvalue weighted by Crippen LogP contribution is -2.50. The summed E-state index contributed by atoms with van der Waals surface area (Å²) in [6.07, 6.45) is -0.163. The van der Waals surface area contributed by atoms with Crippen LogP contribution >= 0.6 is 0 Å². The minimum absolute atomic E-state index is 0.163. The van der Waals surface area contributed by atoms with Crippen molar-refractivity contribution < 1.29 is 9.53 Å². The molecule has 0 saturated carbocycles. The highest BCUT2D eigenvalue weighted by Gasteiger charge is 2.38. The molecular formula is C20H20N2O2. The normalized spacial score (nSPS) is 23.0. The largest absolute Gasteiger partial charge is 0.363 e. The number of benzene rings is 2. The van der Waals surface area contributed by atoms with Crippen molar-refractivity contribution in [2.45, 2.75) is 12.1 Å². The molecule has 2 aliphatic heterocycles. The van der Waals surface area contributed by atoms with Crippen molar-refractivity contribution in [2.75, 3.05) is 32.8 Å². The molecule has 2 aromatic rings. The lowest BCUT2D eigenvalue weighted by molar-refractivity contribution is -0.134. The number of nitrogens with zero attached hydrogens (tertiary/aromatic N) is 2. The van der Waals surface area contributed by atoms with E-state index in [2.05, 4.69) is 53.4 Å². The molecule has 122 valence electrons. The zero-order valence-corrected chi connectivity index (χ0v) is 13.5. The highest BCUT2D eigenvalue weighted by molar-refractivity contribution is 5.83. The summed E-state index contributed by atoms with van der Waals surface area (Å²) >= 11 is 0. The zero-order valence-electron chi connectivity index (χ0n) is 13.5. The Hall–Kier alpha value is -2.17. The van der Waals surface area contributed by atoms with Crippen molar-refractivity contribution in [1.82, 2.24) is 9.80 Å². The molecule has 1 atom stereocenters. The van der Waals surface area contributed by atoms with Gasteiger partial charge in [-0.1, -0.05) is 48.5 Å². The van der Waals surface area contributed by atoms with Crippen LogP contribution in [0.4, 0.5) is 0 Å². The van der Waals surface area contributed by atoms with Crippen LogP contribution in [-0.4, -0.2) is 54.6 Å². The number of ether oxygens (including phenoxy) is 1. The van der Waals surface area contributed by atoms with Gasteiger partial charge in [-0.25, -0.2) is 0 Å². The second-order valence-corrected chi connectivity index (χ2v) is 6.76. The van der Waals surface area contributed by atoms with E-state index in [1.165, 1.54) is 22.3 Å². The third-order valence-electron chi connectivity index (χ3n) is 5.40. The molecule has 0 spiro atoms. The highest BCUT2D eigenvalue weighted by Crippen LogP contribution is 2.46. The Balaban J connectivity index is 1.42. The Morgan fingerprint density at radius 3 is 1.96 bits per heavy atom. The maximum atomic E-state index is 12.2. The van der Waals surface area contributed by atoms with Crippen LogP contribution in [0, 0.1) is 0 Å². The molecule has 0 N–H and O–H groups in total. The molecule has 0 bridgehead atoms. The second-order valence-electron chi connectivity index (χ2n) is 6.76. The van der Waals surface area contributed by atoms with E-state index in [4.69, 9.17) is 4.74 Å². The fourth-order valence-corrected chi connectivity index (χ4v) is 4.12. The lowest BCUT2D eigenvalue weighted by atomic mass is 10.0. The van der Waals surface area contributed by atoms with Crippen LogP contribution in [0.15, 0.2) is 48.5 Å². The van der Waals surface area contributed by atoms with Gasteiger partial charge in [-0.05, 0) is 22.3 Å². The Morgan fingerprint density at radius 1 is 0.875 bits per heavy atom. The van der Waals surface area contributed by atoms with Crippen LogP contribution in [-0.2, 0) is 9.53 Å². The van der Waals surface area contributed by atoms with Crippen LogP contribution < -0.4 is 0 Å². The summed E-state index contributed by atoms with van der Waals surface area (Å²) in [7, 11) is 0. The molecule has 3 aliphatic rings. The molecule has 4 nitrogen and oxygen atoms in total. The number of amides is 1. The summed E-state index contributed by atoms with van der Waals surface area (Å²) < 4.78 is 5.14. The van der Waals surface area contributed by atoms with Gasteiger partial charge in [0.05, 0.1) is 12.6 Å². The summed E-state index contributed by atoms with van der Waals surface area (Å²) in [5.41, 5.74) is 5.49. The van der Waals surface area contributed by atoms with Crippen molar-refractivity contribution in [3.63, 3.8) is 0 Å². The number of carbonyl (C=O) groups excluding carboxylic acids is 1. The number of rotatable bonds is 2. The number of hydrogen-bond acceptors (Lipinski definition) is 3. The molecule has 2 fully saturated rings. The van der Waals surface area contributed by atoms with Crippen LogP contribution in [0.1, 0.15) is 17.2 Å². The third kappa shape index (κ3) is 2.18. The molecule has 0 aromatic heterocycles. The van der Waals surface area contributed by atoms with E-state index >= 15 is 0 Å². The molecule has 2 aromatic carbocycles. The van der Waals surface area contributed by atoms with Gasteiger partial charge in [-0.3, -0.25) is 9.69 Å².